The van der Waals surface area contributed by atoms with E-state index in [1.807, 2.05) is 0 Å². The smallest absolute Gasteiger partial charge is 0.358 e. The molecule has 0 radical (unpaired) electrons. The standard InChI is InChI=1S/C6H16N2.2CH3.Pd/c1-7(2)5-6-8(3)4;;;/h5-6H2,1-4H3;2*1H3;/q;2*-1;+2. The van der Waals surface area contributed by atoms with Crippen LogP contribution >= 0.6 is 0 Å². The largest absolute Gasteiger partial charge is 2.00 e. The monoisotopic (exact) mass is 252 g/mol. The Morgan fingerprint density at radius 1 is 0.727 bits per heavy atom. The molecule has 0 aliphatic rings. The van der Waals surface area contributed by atoms with Crippen LogP contribution in [-0.4, -0.2) is 51.1 Å². The van der Waals surface area contributed by atoms with E-state index in [0.717, 1.165) is 13.1 Å². The third-order valence-electron chi connectivity index (χ3n) is 0.994. The maximum atomic E-state index is 2.18. The molecule has 0 saturated heterocycles. The summed E-state index contributed by atoms with van der Waals surface area (Å²) < 4.78 is 0. The van der Waals surface area contributed by atoms with Gasteiger partial charge in [0.25, 0.3) is 0 Å². The molecule has 3 heteroatoms. The first kappa shape index (κ1) is 22.6. The van der Waals surface area contributed by atoms with Crippen LogP contribution < -0.4 is 0 Å². The van der Waals surface area contributed by atoms with Gasteiger partial charge in [-0.05, 0) is 28.2 Å². The second kappa shape index (κ2) is 13.2. The van der Waals surface area contributed by atoms with Gasteiger partial charge in [0.2, 0.25) is 0 Å². The quantitative estimate of drug-likeness (QED) is 0.546. The summed E-state index contributed by atoms with van der Waals surface area (Å²) in [7, 11) is 8.35. The fourth-order valence-electron chi connectivity index (χ4n) is 0.400. The van der Waals surface area contributed by atoms with Crippen molar-refractivity contribution in [3.8, 4) is 0 Å². The Morgan fingerprint density at radius 3 is 1.00 bits per heavy atom. The number of hydrogen-bond acceptors (Lipinski definition) is 2. The zero-order valence-electron chi connectivity index (χ0n) is 8.62. The van der Waals surface area contributed by atoms with E-state index in [4.69, 9.17) is 0 Å². The van der Waals surface area contributed by atoms with Crippen LogP contribution in [0.3, 0.4) is 0 Å². The van der Waals surface area contributed by atoms with Crippen LogP contribution in [0.4, 0.5) is 0 Å². The van der Waals surface area contributed by atoms with Crippen molar-refractivity contribution < 1.29 is 20.4 Å². The molecule has 0 unspecified atom stereocenters. The van der Waals surface area contributed by atoms with Gasteiger partial charge in [0.1, 0.15) is 0 Å². The Hall–Kier alpha value is 0.582. The zero-order valence-corrected chi connectivity index (χ0v) is 10.2. The molecule has 0 fully saturated rings. The molecule has 0 aromatic rings. The molecular formula is C8H22N2Pd. The second-order valence-electron chi connectivity index (χ2n) is 2.61. The Kier molecular flexibility index (Phi) is 27.1. The van der Waals surface area contributed by atoms with Crippen molar-refractivity contribution in [3.63, 3.8) is 0 Å². The third kappa shape index (κ3) is 25.0. The van der Waals surface area contributed by atoms with Gasteiger partial charge in [-0.3, -0.25) is 0 Å². The SMILES string of the molecule is CN(C)CCN(C)C.[CH3-].[CH3-].[Pd+2]. The first-order valence-corrected chi connectivity index (χ1v) is 2.92. The molecule has 0 spiro atoms. The minimum Gasteiger partial charge on any atom is -0.358 e. The number of nitrogens with zero attached hydrogens (tertiary/aromatic N) is 2. The van der Waals surface area contributed by atoms with Crippen LogP contribution in [0.15, 0.2) is 0 Å². The van der Waals surface area contributed by atoms with E-state index < -0.39 is 0 Å². The molecule has 0 aromatic carbocycles. The van der Waals surface area contributed by atoms with Crippen molar-refractivity contribution >= 4 is 0 Å². The Balaban J connectivity index is -0.0000000817. The van der Waals surface area contributed by atoms with E-state index in [-0.39, 0.29) is 35.3 Å². The molecule has 0 saturated carbocycles. The van der Waals surface area contributed by atoms with Gasteiger partial charge in [-0.2, -0.15) is 0 Å². The minimum absolute atomic E-state index is 0. The van der Waals surface area contributed by atoms with Crippen molar-refractivity contribution in [2.24, 2.45) is 0 Å². The van der Waals surface area contributed by atoms with Gasteiger partial charge < -0.3 is 24.7 Å². The maximum Gasteiger partial charge on any atom is 2.00 e. The Morgan fingerprint density at radius 2 is 0.909 bits per heavy atom. The molecule has 0 atom stereocenters. The predicted molar refractivity (Wildman–Crippen MR) is 49.9 cm³/mol. The van der Waals surface area contributed by atoms with Gasteiger partial charge in [-0.1, -0.05) is 0 Å². The van der Waals surface area contributed by atoms with E-state index in [0.29, 0.717) is 0 Å². The van der Waals surface area contributed by atoms with Crippen LogP contribution in [0.5, 0.6) is 0 Å². The summed E-state index contributed by atoms with van der Waals surface area (Å²) in [5, 5.41) is 0. The average molecular weight is 253 g/mol. The van der Waals surface area contributed by atoms with Gasteiger partial charge in [0.05, 0.1) is 0 Å². The average Bonchev–Trinajstić information content (AvgIpc) is 1.61. The van der Waals surface area contributed by atoms with Gasteiger partial charge >= 0.3 is 20.4 Å². The van der Waals surface area contributed by atoms with Crippen LogP contribution in [0.2, 0.25) is 0 Å². The summed E-state index contributed by atoms with van der Waals surface area (Å²) >= 11 is 0. The molecule has 0 heterocycles. The van der Waals surface area contributed by atoms with Crippen LogP contribution in [0, 0.1) is 14.9 Å². The third-order valence-corrected chi connectivity index (χ3v) is 0.994. The molecule has 2 nitrogen and oxygen atoms in total. The number of rotatable bonds is 3. The molecule has 0 amide bonds. The van der Waals surface area contributed by atoms with E-state index in [1.54, 1.807) is 0 Å². The van der Waals surface area contributed by atoms with Crippen molar-refractivity contribution in [1.29, 1.82) is 0 Å². The first-order chi connectivity index (χ1) is 3.63. The number of hydrogen-bond donors (Lipinski definition) is 0. The zero-order chi connectivity index (χ0) is 6.57. The van der Waals surface area contributed by atoms with E-state index >= 15 is 0 Å². The van der Waals surface area contributed by atoms with Crippen LogP contribution in [0.1, 0.15) is 0 Å². The van der Waals surface area contributed by atoms with E-state index in [9.17, 15) is 0 Å². The van der Waals surface area contributed by atoms with Gasteiger partial charge in [-0.25, -0.2) is 0 Å². The fraction of sp³-hybridized carbons (Fsp3) is 0.750. The Bertz CT molecular complexity index is 48.1. The summed E-state index contributed by atoms with van der Waals surface area (Å²) in [6.07, 6.45) is 0. The van der Waals surface area contributed by atoms with Crippen molar-refractivity contribution in [2.75, 3.05) is 41.3 Å². The molecule has 0 aliphatic heterocycles. The summed E-state index contributed by atoms with van der Waals surface area (Å²) in [6.45, 7) is 2.29. The van der Waals surface area contributed by atoms with Gasteiger partial charge in [0.15, 0.2) is 0 Å². The molecule has 0 bridgehead atoms. The minimum atomic E-state index is 0. The number of likely N-dealkylation sites (N-methyl/N-ethyl adjacent to an activating group) is 2. The predicted octanol–water partition coefficient (Wildman–Crippen LogP) is 1.01. The molecular weight excluding hydrogens is 231 g/mol. The van der Waals surface area contributed by atoms with E-state index in [2.05, 4.69) is 38.0 Å². The van der Waals surface area contributed by atoms with Crippen LogP contribution in [0.25, 0.3) is 0 Å². The van der Waals surface area contributed by atoms with Crippen molar-refractivity contribution in [2.45, 2.75) is 0 Å². The van der Waals surface area contributed by atoms with Crippen molar-refractivity contribution in [1.82, 2.24) is 9.80 Å². The first-order valence-electron chi connectivity index (χ1n) is 2.92. The normalized spacial score (nSPS) is 8.18. The maximum absolute atomic E-state index is 2.18. The summed E-state index contributed by atoms with van der Waals surface area (Å²) in [5.74, 6) is 0. The Labute approximate surface area is 86.6 Å². The van der Waals surface area contributed by atoms with Gasteiger partial charge in [0, 0.05) is 13.1 Å². The molecule has 0 rings (SSSR count). The fourth-order valence-corrected chi connectivity index (χ4v) is 0.400. The molecule has 11 heavy (non-hydrogen) atoms. The van der Waals surface area contributed by atoms with Crippen LogP contribution in [-0.2, 0) is 20.4 Å². The topological polar surface area (TPSA) is 6.48 Å². The second-order valence-corrected chi connectivity index (χ2v) is 2.61. The summed E-state index contributed by atoms with van der Waals surface area (Å²) in [5.41, 5.74) is 0. The summed E-state index contributed by atoms with van der Waals surface area (Å²) in [4.78, 5) is 4.36. The molecule has 0 aliphatic carbocycles. The molecule has 0 aromatic heterocycles. The van der Waals surface area contributed by atoms with Crippen molar-refractivity contribution in [3.05, 3.63) is 14.9 Å². The van der Waals surface area contributed by atoms with E-state index in [1.165, 1.54) is 0 Å². The summed E-state index contributed by atoms with van der Waals surface area (Å²) in [6, 6.07) is 0. The molecule has 0 N–H and O–H groups in total. The molecule has 74 valence electrons. The van der Waals surface area contributed by atoms with Gasteiger partial charge in [-0.15, -0.1) is 0 Å².